The van der Waals surface area contributed by atoms with Gasteiger partial charge in [-0.25, -0.2) is 9.37 Å². The van der Waals surface area contributed by atoms with Gasteiger partial charge in [0.05, 0.1) is 5.01 Å². The van der Waals surface area contributed by atoms with Gasteiger partial charge in [-0.1, -0.05) is 6.07 Å². The zero-order chi connectivity index (χ0) is 13.8. The van der Waals surface area contributed by atoms with Gasteiger partial charge in [0.25, 0.3) is 0 Å². The van der Waals surface area contributed by atoms with E-state index in [4.69, 9.17) is 5.73 Å². The van der Waals surface area contributed by atoms with Crippen molar-refractivity contribution in [2.24, 2.45) is 5.73 Å². The highest BCUT2D eigenvalue weighted by atomic mass is 32.1. The van der Waals surface area contributed by atoms with E-state index in [-0.39, 0.29) is 18.0 Å². The van der Waals surface area contributed by atoms with Gasteiger partial charge in [0.15, 0.2) is 5.78 Å². The van der Waals surface area contributed by atoms with E-state index in [1.807, 2.05) is 0 Å². The highest BCUT2D eigenvalue weighted by Crippen LogP contribution is 2.15. The number of halogens is 1. The van der Waals surface area contributed by atoms with Crippen LogP contribution in [0.15, 0.2) is 23.6 Å². The fourth-order valence-corrected chi connectivity index (χ4v) is 2.62. The lowest BCUT2D eigenvalue weighted by Crippen LogP contribution is -2.07. The van der Waals surface area contributed by atoms with Crippen molar-refractivity contribution in [3.05, 3.63) is 51.2 Å². The average molecular weight is 278 g/mol. The van der Waals surface area contributed by atoms with Gasteiger partial charge >= 0.3 is 0 Å². The number of thiazole rings is 1. The van der Waals surface area contributed by atoms with Crippen LogP contribution >= 0.6 is 11.3 Å². The number of carbonyl (C=O) groups excluding carboxylic acids is 1. The Kier molecular flexibility index (Phi) is 4.39. The van der Waals surface area contributed by atoms with Gasteiger partial charge in [-0.05, 0) is 36.7 Å². The third-order valence-corrected chi connectivity index (χ3v) is 3.76. The first-order chi connectivity index (χ1) is 9.10. The second-order valence-corrected chi connectivity index (χ2v) is 5.28. The second-order valence-electron chi connectivity index (χ2n) is 4.34. The molecule has 2 N–H and O–H groups in total. The minimum absolute atomic E-state index is 0.0470. The third kappa shape index (κ3) is 3.45. The average Bonchev–Trinajstić information content (AvgIpc) is 2.82. The van der Waals surface area contributed by atoms with Crippen LogP contribution in [0, 0.1) is 12.7 Å². The molecule has 0 bridgehead atoms. The van der Waals surface area contributed by atoms with E-state index in [9.17, 15) is 9.18 Å². The molecule has 0 radical (unpaired) electrons. The highest BCUT2D eigenvalue weighted by Gasteiger charge is 2.12. The Labute approximate surface area is 115 Å². The van der Waals surface area contributed by atoms with Crippen molar-refractivity contribution in [3.63, 3.8) is 0 Å². The molecule has 0 aliphatic carbocycles. The summed E-state index contributed by atoms with van der Waals surface area (Å²) in [6.07, 6.45) is 0.936. The number of nitrogens with zero attached hydrogens (tertiary/aromatic N) is 1. The number of ketones is 1. The van der Waals surface area contributed by atoms with Gasteiger partial charge in [0.1, 0.15) is 11.5 Å². The van der Waals surface area contributed by atoms with E-state index in [1.54, 1.807) is 18.4 Å². The molecular formula is C14H15FN2OS. The van der Waals surface area contributed by atoms with E-state index < -0.39 is 0 Å². The first-order valence-electron chi connectivity index (χ1n) is 6.03. The zero-order valence-corrected chi connectivity index (χ0v) is 11.5. The molecule has 1 aromatic carbocycles. The number of hydrogen-bond acceptors (Lipinski definition) is 4. The summed E-state index contributed by atoms with van der Waals surface area (Å²) in [5.41, 5.74) is 7.54. The van der Waals surface area contributed by atoms with E-state index in [1.165, 1.54) is 23.5 Å². The first kappa shape index (κ1) is 13.8. The Bertz CT molecular complexity index is 595. The maximum absolute atomic E-state index is 13.0. The smallest absolute Gasteiger partial charge is 0.186 e. The van der Waals surface area contributed by atoms with Gasteiger partial charge in [-0.2, -0.15) is 0 Å². The van der Waals surface area contributed by atoms with E-state index in [0.717, 1.165) is 16.1 Å². The largest absolute Gasteiger partial charge is 0.330 e. The van der Waals surface area contributed by atoms with Crippen molar-refractivity contribution in [1.82, 2.24) is 4.98 Å². The normalized spacial score (nSPS) is 10.7. The molecule has 0 aliphatic heterocycles. The number of nitrogens with two attached hydrogens (primary N) is 1. The van der Waals surface area contributed by atoms with Crippen LogP contribution in [-0.4, -0.2) is 17.3 Å². The predicted molar refractivity (Wildman–Crippen MR) is 74.0 cm³/mol. The lowest BCUT2D eigenvalue weighted by Gasteiger charge is -2.03. The molecule has 0 unspecified atom stereocenters. The lowest BCUT2D eigenvalue weighted by molar-refractivity contribution is 0.0988. The third-order valence-electron chi connectivity index (χ3n) is 2.85. The van der Waals surface area contributed by atoms with E-state index in [2.05, 4.69) is 4.98 Å². The first-order valence-corrected chi connectivity index (χ1v) is 6.91. The van der Waals surface area contributed by atoms with Crippen molar-refractivity contribution >= 4 is 17.1 Å². The van der Waals surface area contributed by atoms with Gasteiger partial charge in [-0.3, -0.25) is 4.79 Å². The Morgan fingerprint density at radius 2 is 2.26 bits per heavy atom. The number of hydrogen-bond donors (Lipinski definition) is 1. The Balaban J connectivity index is 2.11. The van der Waals surface area contributed by atoms with Crippen LogP contribution in [0.4, 0.5) is 4.39 Å². The van der Waals surface area contributed by atoms with Crippen molar-refractivity contribution in [2.75, 3.05) is 6.54 Å². The van der Waals surface area contributed by atoms with Crippen LogP contribution in [0.1, 0.15) is 26.6 Å². The summed E-state index contributed by atoms with van der Waals surface area (Å²) in [5.74, 6) is -0.332. The van der Waals surface area contributed by atoms with Gasteiger partial charge < -0.3 is 5.73 Å². The molecular weight excluding hydrogens is 263 g/mol. The fourth-order valence-electron chi connectivity index (χ4n) is 1.80. The van der Waals surface area contributed by atoms with Crippen LogP contribution in [-0.2, 0) is 12.8 Å². The summed E-state index contributed by atoms with van der Waals surface area (Å²) < 4.78 is 13.0. The molecule has 0 fully saturated rings. The maximum Gasteiger partial charge on any atom is 0.186 e. The fraction of sp³-hybridized carbons (Fsp3) is 0.286. The second kappa shape index (κ2) is 6.04. The SMILES string of the molecule is Cc1cc(F)ccc1CC(=O)c1csc(CCN)n1. The molecule has 100 valence electrons. The van der Waals surface area contributed by atoms with Crippen molar-refractivity contribution < 1.29 is 9.18 Å². The molecule has 0 amide bonds. The summed E-state index contributed by atoms with van der Waals surface area (Å²) >= 11 is 1.45. The summed E-state index contributed by atoms with van der Waals surface area (Å²) in [6.45, 7) is 2.32. The minimum Gasteiger partial charge on any atom is -0.330 e. The molecule has 2 aromatic rings. The number of rotatable bonds is 5. The number of aromatic nitrogens is 1. The van der Waals surface area contributed by atoms with Crippen LogP contribution in [0.5, 0.6) is 0 Å². The number of carbonyl (C=O) groups is 1. The summed E-state index contributed by atoms with van der Waals surface area (Å²) in [5, 5.41) is 2.63. The van der Waals surface area contributed by atoms with Crippen LogP contribution in [0.25, 0.3) is 0 Å². The summed E-state index contributed by atoms with van der Waals surface area (Å²) in [7, 11) is 0. The lowest BCUT2D eigenvalue weighted by atomic mass is 10.0. The molecule has 1 heterocycles. The van der Waals surface area contributed by atoms with Crippen LogP contribution in [0.3, 0.4) is 0 Å². The van der Waals surface area contributed by atoms with E-state index in [0.29, 0.717) is 18.7 Å². The van der Waals surface area contributed by atoms with Crippen molar-refractivity contribution in [3.8, 4) is 0 Å². The molecule has 3 nitrogen and oxygen atoms in total. The molecule has 5 heteroatoms. The van der Waals surface area contributed by atoms with Crippen LogP contribution < -0.4 is 5.73 Å². The van der Waals surface area contributed by atoms with E-state index >= 15 is 0 Å². The monoisotopic (exact) mass is 278 g/mol. The Morgan fingerprint density at radius 3 is 2.95 bits per heavy atom. The molecule has 0 atom stereocenters. The Morgan fingerprint density at radius 1 is 1.47 bits per heavy atom. The molecule has 19 heavy (non-hydrogen) atoms. The maximum atomic E-state index is 13.0. The molecule has 0 aliphatic rings. The van der Waals surface area contributed by atoms with Crippen molar-refractivity contribution in [2.45, 2.75) is 19.8 Å². The van der Waals surface area contributed by atoms with Gasteiger partial charge in [0, 0.05) is 18.2 Å². The number of benzene rings is 1. The Hall–Kier alpha value is -1.59. The topological polar surface area (TPSA) is 56.0 Å². The minimum atomic E-state index is -0.285. The standard InChI is InChI=1S/C14H15FN2OS/c1-9-6-11(15)3-2-10(9)7-13(18)12-8-19-14(17-12)4-5-16/h2-3,6,8H,4-5,7,16H2,1H3. The van der Waals surface area contributed by atoms with Crippen LogP contribution in [0.2, 0.25) is 0 Å². The quantitative estimate of drug-likeness (QED) is 0.855. The summed E-state index contributed by atoms with van der Waals surface area (Å²) in [4.78, 5) is 16.3. The molecule has 1 aromatic heterocycles. The predicted octanol–water partition coefficient (Wildman–Crippen LogP) is 2.52. The highest BCUT2D eigenvalue weighted by molar-refractivity contribution is 7.09. The molecule has 2 rings (SSSR count). The molecule has 0 saturated heterocycles. The number of aryl methyl sites for hydroxylation is 1. The molecule has 0 spiro atoms. The van der Waals surface area contributed by atoms with Gasteiger partial charge in [-0.15, -0.1) is 11.3 Å². The zero-order valence-electron chi connectivity index (χ0n) is 10.6. The summed E-state index contributed by atoms with van der Waals surface area (Å²) in [6, 6.07) is 4.45. The van der Waals surface area contributed by atoms with Gasteiger partial charge in [0.2, 0.25) is 0 Å². The number of Topliss-reactive ketones (excluding diaryl/α,β-unsaturated/α-hetero) is 1. The molecule has 0 saturated carbocycles. The van der Waals surface area contributed by atoms with Crippen molar-refractivity contribution in [1.29, 1.82) is 0 Å².